The molecule has 1 atom stereocenters. The number of benzene rings is 1. The first-order valence-electron chi connectivity index (χ1n) is 7.98. The predicted octanol–water partition coefficient (Wildman–Crippen LogP) is 2.03. The number of hydrogen-bond acceptors (Lipinski definition) is 4. The Morgan fingerprint density at radius 3 is 3.05 bits per heavy atom. The number of phenols is 1. The van der Waals surface area contributed by atoms with Crippen LogP contribution in [0.1, 0.15) is 31.2 Å². The van der Waals surface area contributed by atoms with Crippen LogP contribution >= 0.6 is 0 Å². The summed E-state index contributed by atoms with van der Waals surface area (Å²) in [5, 5.41) is 12.5. The van der Waals surface area contributed by atoms with E-state index in [1.54, 1.807) is 12.1 Å². The van der Waals surface area contributed by atoms with Crippen molar-refractivity contribution in [2.24, 2.45) is 0 Å². The lowest BCUT2D eigenvalue weighted by Gasteiger charge is -2.10. The lowest BCUT2D eigenvalue weighted by Crippen LogP contribution is -2.26. The molecule has 1 aliphatic rings. The fraction of sp³-hybridized carbons (Fsp3) is 0.588. The molecule has 0 bridgehead atoms. The van der Waals surface area contributed by atoms with Gasteiger partial charge in [-0.25, -0.2) is 0 Å². The number of aromatic hydroxyl groups is 1. The topological polar surface area (TPSA) is 67.8 Å². The summed E-state index contributed by atoms with van der Waals surface area (Å²) in [6, 6.07) is 7.11. The normalized spacial score (nSPS) is 17.5. The van der Waals surface area contributed by atoms with Crippen LogP contribution in [0.3, 0.4) is 0 Å². The maximum atomic E-state index is 11.7. The lowest BCUT2D eigenvalue weighted by molar-refractivity contribution is -0.121. The molecular weight excluding hydrogens is 282 g/mol. The van der Waals surface area contributed by atoms with Crippen LogP contribution in [0.4, 0.5) is 0 Å². The number of hydrogen-bond donors (Lipinski definition) is 2. The quantitative estimate of drug-likeness (QED) is 0.685. The molecule has 22 heavy (non-hydrogen) atoms. The Hall–Kier alpha value is -1.59. The average molecular weight is 307 g/mol. The lowest BCUT2D eigenvalue weighted by atomic mass is 10.1. The highest BCUT2D eigenvalue weighted by Crippen LogP contribution is 2.17. The van der Waals surface area contributed by atoms with Crippen molar-refractivity contribution in [1.29, 1.82) is 0 Å². The minimum Gasteiger partial charge on any atom is -0.508 e. The van der Waals surface area contributed by atoms with Crippen LogP contribution in [-0.2, 0) is 20.7 Å². The standard InChI is InChI=1S/C17H25NO4/c19-16-7-2-1-5-14(16)8-9-17(20)18-10-4-11-21-13-15-6-3-12-22-15/h1-2,5,7,15,19H,3-4,6,8-13H2,(H,18,20). The van der Waals surface area contributed by atoms with Gasteiger partial charge in [0.15, 0.2) is 0 Å². The highest BCUT2D eigenvalue weighted by molar-refractivity contribution is 5.76. The summed E-state index contributed by atoms with van der Waals surface area (Å²) in [6.45, 7) is 2.76. The van der Waals surface area contributed by atoms with E-state index in [2.05, 4.69) is 5.32 Å². The molecule has 0 spiro atoms. The first kappa shape index (κ1) is 16.8. The maximum absolute atomic E-state index is 11.7. The summed E-state index contributed by atoms with van der Waals surface area (Å²) in [5.74, 6) is 0.250. The number of ether oxygens (including phenoxy) is 2. The Kier molecular flexibility index (Phi) is 7.19. The van der Waals surface area contributed by atoms with Gasteiger partial charge in [0.2, 0.25) is 5.91 Å². The van der Waals surface area contributed by atoms with Crippen molar-refractivity contribution in [3.05, 3.63) is 29.8 Å². The predicted molar refractivity (Wildman–Crippen MR) is 83.8 cm³/mol. The van der Waals surface area contributed by atoms with Gasteiger partial charge in [0, 0.05) is 26.2 Å². The average Bonchev–Trinajstić information content (AvgIpc) is 3.03. The van der Waals surface area contributed by atoms with E-state index in [1.165, 1.54) is 0 Å². The van der Waals surface area contributed by atoms with E-state index in [0.717, 1.165) is 31.4 Å². The molecule has 1 amide bonds. The highest BCUT2D eigenvalue weighted by Gasteiger charge is 2.14. The fourth-order valence-corrected chi connectivity index (χ4v) is 2.45. The molecule has 0 radical (unpaired) electrons. The van der Waals surface area contributed by atoms with E-state index < -0.39 is 0 Å². The molecule has 1 unspecified atom stereocenters. The number of para-hydroxylation sites is 1. The molecule has 5 heteroatoms. The van der Waals surface area contributed by atoms with Crippen molar-refractivity contribution in [2.45, 2.75) is 38.2 Å². The molecular formula is C17H25NO4. The largest absolute Gasteiger partial charge is 0.508 e. The molecule has 1 saturated heterocycles. The second kappa shape index (κ2) is 9.43. The number of phenolic OH excluding ortho intramolecular Hbond substituents is 1. The molecule has 1 aromatic rings. The highest BCUT2D eigenvalue weighted by atomic mass is 16.5. The summed E-state index contributed by atoms with van der Waals surface area (Å²) in [5.41, 5.74) is 0.803. The zero-order valence-electron chi connectivity index (χ0n) is 12.9. The Morgan fingerprint density at radius 1 is 1.41 bits per heavy atom. The van der Waals surface area contributed by atoms with Gasteiger partial charge in [0.05, 0.1) is 12.7 Å². The molecule has 1 aromatic carbocycles. The van der Waals surface area contributed by atoms with Gasteiger partial charge in [-0.15, -0.1) is 0 Å². The van der Waals surface area contributed by atoms with Crippen molar-refractivity contribution >= 4 is 5.91 Å². The zero-order chi connectivity index (χ0) is 15.6. The van der Waals surface area contributed by atoms with E-state index in [-0.39, 0.29) is 17.8 Å². The summed E-state index contributed by atoms with van der Waals surface area (Å²) in [6.07, 6.45) is 4.20. The van der Waals surface area contributed by atoms with Crippen molar-refractivity contribution < 1.29 is 19.4 Å². The number of carbonyl (C=O) groups excluding carboxylic acids is 1. The minimum absolute atomic E-state index is 0.00220. The van der Waals surface area contributed by atoms with Gasteiger partial charge in [-0.2, -0.15) is 0 Å². The molecule has 0 aliphatic carbocycles. The van der Waals surface area contributed by atoms with E-state index in [4.69, 9.17) is 9.47 Å². The maximum Gasteiger partial charge on any atom is 0.220 e. The number of aryl methyl sites for hydroxylation is 1. The molecule has 1 aliphatic heterocycles. The van der Waals surface area contributed by atoms with E-state index in [1.807, 2.05) is 12.1 Å². The first-order chi connectivity index (χ1) is 10.8. The van der Waals surface area contributed by atoms with Gasteiger partial charge in [0.25, 0.3) is 0 Å². The Labute approximate surface area is 131 Å². The van der Waals surface area contributed by atoms with E-state index in [0.29, 0.717) is 32.6 Å². The molecule has 2 rings (SSSR count). The van der Waals surface area contributed by atoms with Crippen molar-refractivity contribution in [3.63, 3.8) is 0 Å². The van der Waals surface area contributed by atoms with Gasteiger partial charge in [-0.1, -0.05) is 18.2 Å². The summed E-state index contributed by atoms with van der Waals surface area (Å²) in [7, 11) is 0. The Bertz CT molecular complexity index is 458. The van der Waals surface area contributed by atoms with Crippen LogP contribution in [0.5, 0.6) is 5.75 Å². The molecule has 5 nitrogen and oxygen atoms in total. The van der Waals surface area contributed by atoms with Crippen molar-refractivity contribution in [1.82, 2.24) is 5.32 Å². The number of rotatable bonds is 9. The Balaban J connectivity index is 1.48. The SMILES string of the molecule is O=C(CCc1ccccc1O)NCCCOCC1CCCO1. The third-order valence-corrected chi connectivity index (χ3v) is 3.73. The summed E-state index contributed by atoms with van der Waals surface area (Å²) in [4.78, 5) is 11.7. The third kappa shape index (κ3) is 6.03. The second-order valence-electron chi connectivity index (χ2n) is 5.54. The van der Waals surface area contributed by atoms with Gasteiger partial charge < -0.3 is 19.9 Å². The molecule has 2 N–H and O–H groups in total. The summed E-state index contributed by atoms with van der Waals surface area (Å²) >= 11 is 0. The molecule has 0 aromatic heterocycles. The monoisotopic (exact) mass is 307 g/mol. The fourth-order valence-electron chi connectivity index (χ4n) is 2.45. The number of nitrogens with one attached hydrogen (secondary N) is 1. The van der Waals surface area contributed by atoms with Crippen LogP contribution in [0, 0.1) is 0 Å². The van der Waals surface area contributed by atoms with Gasteiger partial charge >= 0.3 is 0 Å². The van der Waals surface area contributed by atoms with Crippen LogP contribution in [-0.4, -0.2) is 43.5 Å². The first-order valence-corrected chi connectivity index (χ1v) is 7.98. The van der Waals surface area contributed by atoms with Crippen molar-refractivity contribution in [3.8, 4) is 5.75 Å². The van der Waals surface area contributed by atoms with Crippen LogP contribution in [0.15, 0.2) is 24.3 Å². The van der Waals surface area contributed by atoms with Gasteiger partial charge in [-0.3, -0.25) is 4.79 Å². The molecule has 1 heterocycles. The minimum atomic E-state index is 0.00220. The van der Waals surface area contributed by atoms with Crippen LogP contribution < -0.4 is 5.32 Å². The number of amides is 1. The second-order valence-corrected chi connectivity index (χ2v) is 5.54. The van der Waals surface area contributed by atoms with Crippen LogP contribution in [0.25, 0.3) is 0 Å². The van der Waals surface area contributed by atoms with Crippen LogP contribution in [0.2, 0.25) is 0 Å². The number of carbonyl (C=O) groups is 1. The molecule has 1 fully saturated rings. The molecule has 0 saturated carbocycles. The van der Waals surface area contributed by atoms with Gasteiger partial charge in [0.1, 0.15) is 5.75 Å². The summed E-state index contributed by atoms with van der Waals surface area (Å²) < 4.78 is 11.0. The molecule has 122 valence electrons. The Morgan fingerprint density at radius 2 is 2.27 bits per heavy atom. The van der Waals surface area contributed by atoms with Gasteiger partial charge in [-0.05, 0) is 37.3 Å². The third-order valence-electron chi connectivity index (χ3n) is 3.73. The zero-order valence-corrected chi connectivity index (χ0v) is 12.9. The smallest absolute Gasteiger partial charge is 0.220 e. The van der Waals surface area contributed by atoms with E-state index >= 15 is 0 Å². The van der Waals surface area contributed by atoms with E-state index in [9.17, 15) is 9.90 Å². The van der Waals surface area contributed by atoms with Crippen molar-refractivity contribution in [2.75, 3.05) is 26.4 Å².